The number of aliphatic carboxylic acids is 1. The molecule has 2 aliphatic heterocycles. The molecule has 6 rings (SSSR count). The molecule has 0 saturated carbocycles. The Kier molecular flexibility index (Phi) is 10.6. The Balaban J connectivity index is 1.27. The molecule has 0 radical (unpaired) electrons. The Hall–Kier alpha value is -6.37. The van der Waals surface area contributed by atoms with Gasteiger partial charge in [-0.25, -0.2) is 14.7 Å². The second kappa shape index (κ2) is 15.0. The first kappa shape index (κ1) is 39.3. The topological polar surface area (TPSA) is 271 Å². The number of phenols is 2. The van der Waals surface area contributed by atoms with Crippen LogP contribution in [0.2, 0.25) is 0 Å². The van der Waals surface area contributed by atoms with Crippen LogP contribution in [0.15, 0.2) is 83.8 Å². The van der Waals surface area contributed by atoms with Crippen molar-refractivity contribution in [3.8, 4) is 22.9 Å². The Morgan fingerprint density at radius 1 is 0.911 bits per heavy atom. The van der Waals surface area contributed by atoms with Gasteiger partial charge in [0.1, 0.15) is 46.4 Å². The van der Waals surface area contributed by atoms with E-state index in [1.807, 2.05) is 0 Å². The number of hydrogen-bond acceptors (Lipinski definition) is 13. The zero-order chi connectivity index (χ0) is 40.8. The van der Waals surface area contributed by atoms with Gasteiger partial charge in [-0.1, -0.05) is 24.3 Å². The summed E-state index contributed by atoms with van der Waals surface area (Å²) in [7, 11) is 0. The zero-order valence-corrected chi connectivity index (χ0v) is 31.0. The molecule has 2 fully saturated rings. The van der Waals surface area contributed by atoms with Crippen molar-refractivity contribution in [1.82, 2.24) is 19.8 Å². The number of nitrogens with zero attached hydrogens (tertiary/aromatic N) is 4. The minimum atomic E-state index is -1.52. The number of amides is 5. The van der Waals surface area contributed by atoms with Gasteiger partial charge in [-0.05, 0) is 79.9 Å². The molecule has 4 aromatic rings. The summed E-state index contributed by atoms with van der Waals surface area (Å²) in [5, 5.41) is 28.2. The van der Waals surface area contributed by atoms with Crippen molar-refractivity contribution in [2.24, 2.45) is 11.5 Å². The summed E-state index contributed by atoms with van der Waals surface area (Å²) in [5.41, 5.74) is 12.2. The normalized spacial score (nSPS) is 19.3. The van der Waals surface area contributed by atoms with E-state index in [1.54, 1.807) is 26.0 Å². The molecule has 0 spiro atoms. The number of carbonyl (C=O) groups is 6. The number of aromatic amines is 1. The van der Waals surface area contributed by atoms with Crippen LogP contribution in [0.5, 0.6) is 11.5 Å². The fourth-order valence-electron chi connectivity index (χ4n) is 6.76. The quantitative estimate of drug-likeness (QED) is 0.124. The molecule has 3 heterocycles. The number of β-lactam (4-membered cyclic amide) rings is 1. The van der Waals surface area contributed by atoms with Crippen LogP contribution in [0, 0.1) is 0 Å². The van der Waals surface area contributed by atoms with Gasteiger partial charge >= 0.3 is 5.97 Å². The zero-order valence-electron chi connectivity index (χ0n) is 30.2. The highest BCUT2D eigenvalue weighted by atomic mass is 32.2. The molecule has 0 bridgehead atoms. The molecule has 1 unspecified atom stereocenters. The molecule has 5 atom stereocenters. The van der Waals surface area contributed by atoms with Gasteiger partial charge < -0.3 is 36.7 Å². The maximum atomic E-state index is 14.2. The van der Waals surface area contributed by atoms with Crippen LogP contribution in [0.4, 0.5) is 5.69 Å². The summed E-state index contributed by atoms with van der Waals surface area (Å²) in [6, 6.07) is 11.8. The molecule has 2 aliphatic rings. The van der Waals surface area contributed by atoms with Crippen molar-refractivity contribution in [2.45, 2.75) is 61.5 Å². The Bertz CT molecular complexity index is 2300. The van der Waals surface area contributed by atoms with E-state index >= 15 is 0 Å². The van der Waals surface area contributed by atoms with Crippen molar-refractivity contribution >= 4 is 53.0 Å². The third kappa shape index (κ3) is 7.24. The van der Waals surface area contributed by atoms with E-state index in [9.17, 15) is 48.9 Å². The van der Waals surface area contributed by atoms with Gasteiger partial charge in [0.05, 0.1) is 11.7 Å². The van der Waals surface area contributed by atoms with E-state index < -0.39 is 80.9 Å². The molecule has 5 amide bonds. The molecule has 8 N–H and O–H groups in total. The van der Waals surface area contributed by atoms with Crippen LogP contribution in [-0.4, -0.2) is 98.8 Å². The largest absolute Gasteiger partial charge is 0.508 e. The van der Waals surface area contributed by atoms with Crippen LogP contribution in [-0.2, 0) is 30.4 Å². The maximum absolute atomic E-state index is 14.2. The average molecular weight is 784 g/mol. The summed E-state index contributed by atoms with van der Waals surface area (Å²) >= 11 is 1.09. The molecular formula is C38H37N7O10S. The van der Waals surface area contributed by atoms with Gasteiger partial charge in [0.25, 0.3) is 29.2 Å². The number of aromatic nitrogens is 2. The Labute approximate surface area is 322 Å². The molecule has 1 aromatic heterocycles. The number of fused-ring (bicyclic) bond motifs is 1. The van der Waals surface area contributed by atoms with Crippen molar-refractivity contribution in [2.75, 3.05) is 4.90 Å². The highest BCUT2D eigenvalue weighted by molar-refractivity contribution is 8.01. The van der Waals surface area contributed by atoms with Crippen LogP contribution in [0.3, 0.4) is 0 Å². The van der Waals surface area contributed by atoms with Crippen molar-refractivity contribution in [3.63, 3.8) is 0 Å². The number of nitrogens with two attached hydrogens (primary N) is 2. The standard InChI is InChI=1S/C38H37N7O10S/c1-18(46)43(33(51)26(39)16-19-4-12-23(47)13-5-19)22-10-6-21(7-11-22)30-41-17-25(31(49)42-30)32(50)44(34(52)27(40)20-8-14-24(48)15-9-20)28-35(53)45-29(37(54)55)38(2,3)56-36(28)45/h4-15,17,26-29,36,47-48H,16,39-40H2,1-3H3,(H,54,55)(H,41,42,49)/t26-,27?,28+,29-,36+/m0/s1. The van der Waals surface area contributed by atoms with Gasteiger partial charge in [-0.3, -0.25) is 33.7 Å². The van der Waals surface area contributed by atoms with Crippen molar-refractivity contribution in [3.05, 3.63) is 106 Å². The van der Waals surface area contributed by atoms with Gasteiger partial charge in [-0.2, -0.15) is 0 Å². The molecule has 3 aromatic carbocycles. The number of H-pyrrole nitrogens is 1. The fraction of sp³-hybridized carbons (Fsp3) is 0.263. The van der Waals surface area contributed by atoms with Gasteiger partial charge in [-0.15, -0.1) is 11.8 Å². The number of imide groups is 2. The molecule has 2 saturated heterocycles. The summed E-state index contributed by atoms with van der Waals surface area (Å²) in [5.74, 6) is -5.70. The lowest BCUT2D eigenvalue weighted by Gasteiger charge is -2.47. The molecular weight excluding hydrogens is 747 g/mol. The predicted molar refractivity (Wildman–Crippen MR) is 202 cm³/mol. The molecule has 0 aliphatic carbocycles. The summed E-state index contributed by atoms with van der Waals surface area (Å²) in [6.45, 7) is 4.45. The highest BCUT2D eigenvalue weighted by Gasteiger charge is 2.67. The minimum absolute atomic E-state index is 0.0233. The van der Waals surface area contributed by atoms with E-state index in [0.717, 1.165) is 27.8 Å². The number of thioether (sulfide) groups is 1. The Morgan fingerprint density at radius 3 is 2.05 bits per heavy atom. The molecule has 290 valence electrons. The number of phenolic OH excluding ortho intramolecular Hbond substituents is 2. The summed E-state index contributed by atoms with van der Waals surface area (Å²) in [4.78, 5) is 103. The first-order valence-electron chi connectivity index (χ1n) is 17.1. The van der Waals surface area contributed by atoms with Crippen LogP contribution in [0.1, 0.15) is 48.3 Å². The number of benzene rings is 3. The fourth-order valence-corrected chi connectivity index (χ4v) is 8.44. The lowest BCUT2D eigenvalue weighted by Crippen LogP contribution is -2.72. The average Bonchev–Trinajstić information content (AvgIpc) is 3.41. The highest BCUT2D eigenvalue weighted by Crippen LogP contribution is 2.52. The van der Waals surface area contributed by atoms with E-state index in [2.05, 4.69) is 9.97 Å². The lowest BCUT2D eigenvalue weighted by molar-refractivity contribution is -0.166. The predicted octanol–water partition coefficient (Wildman–Crippen LogP) is 1.48. The van der Waals surface area contributed by atoms with Crippen LogP contribution >= 0.6 is 11.8 Å². The monoisotopic (exact) mass is 783 g/mol. The molecule has 56 heavy (non-hydrogen) atoms. The summed E-state index contributed by atoms with van der Waals surface area (Å²) < 4.78 is -0.997. The first-order chi connectivity index (χ1) is 26.4. The maximum Gasteiger partial charge on any atom is 0.327 e. The third-order valence-electron chi connectivity index (χ3n) is 9.57. The SMILES string of the molecule is CC(=O)N(C(=O)[C@@H](N)Cc1ccc(O)cc1)c1ccc(-c2ncc(C(=O)N(C(=O)C(N)c3ccc(O)cc3)[C@@H]3C(=O)N4[C@@H]3SC(C)(C)[C@@H]4C(=O)O)c(=O)[nH]2)cc1. The number of carbonyl (C=O) groups excluding carboxylic acids is 5. The Morgan fingerprint density at radius 2 is 1.50 bits per heavy atom. The number of anilines is 1. The number of hydrogen-bond donors (Lipinski definition) is 6. The third-order valence-corrected chi connectivity index (χ3v) is 11.1. The van der Waals surface area contributed by atoms with Crippen molar-refractivity contribution < 1.29 is 44.1 Å². The van der Waals surface area contributed by atoms with Crippen LogP contribution < -0.4 is 21.9 Å². The first-order valence-corrected chi connectivity index (χ1v) is 18.0. The van der Waals surface area contributed by atoms with E-state index in [-0.39, 0.29) is 35.0 Å². The lowest BCUT2D eigenvalue weighted by atomic mass is 9.94. The summed E-state index contributed by atoms with van der Waals surface area (Å²) in [6.07, 6.45) is 1.02. The number of aromatic hydroxyl groups is 2. The smallest absolute Gasteiger partial charge is 0.327 e. The second-order valence-electron chi connectivity index (χ2n) is 13.8. The van der Waals surface area contributed by atoms with Gasteiger partial charge in [0.2, 0.25) is 5.91 Å². The second-order valence-corrected chi connectivity index (χ2v) is 15.6. The van der Waals surface area contributed by atoms with Gasteiger partial charge in [0, 0.05) is 23.4 Å². The van der Waals surface area contributed by atoms with E-state index in [4.69, 9.17) is 11.5 Å². The number of carboxylic acids is 1. The minimum Gasteiger partial charge on any atom is -0.508 e. The van der Waals surface area contributed by atoms with E-state index in [0.29, 0.717) is 16.0 Å². The molecule has 17 nitrogen and oxygen atoms in total. The number of rotatable bonds is 10. The number of carboxylic acid groups (broad SMARTS) is 1. The number of nitrogens with one attached hydrogen (secondary N) is 1. The van der Waals surface area contributed by atoms with Gasteiger partial charge in [0.15, 0.2) is 0 Å². The van der Waals surface area contributed by atoms with E-state index in [1.165, 1.54) is 67.6 Å². The van der Waals surface area contributed by atoms with Crippen molar-refractivity contribution in [1.29, 1.82) is 0 Å². The molecule has 18 heteroatoms. The van der Waals surface area contributed by atoms with Crippen LogP contribution in [0.25, 0.3) is 11.4 Å².